The van der Waals surface area contributed by atoms with Crippen molar-refractivity contribution in [3.8, 4) is 0 Å². The first-order valence-corrected chi connectivity index (χ1v) is 8.91. The predicted molar refractivity (Wildman–Crippen MR) is 100 cm³/mol. The van der Waals surface area contributed by atoms with Crippen LogP contribution in [0, 0.1) is 0 Å². The molecule has 2 heterocycles. The number of hydrogen-bond acceptors (Lipinski definition) is 5. The van der Waals surface area contributed by atoms with E-state index in [4.69, 9.17) is 0 Å². The van der Waals surface area contributed by atoms with Crippen LogP contribution in [0.25, 0.3) is 0 Å². The average Bonchev–Trinajstić information content (AvgIpc) is 2.60. The first-order chi connectivity index (χ1) is 11.9. The summed E-state index contributed by atoms with van der Waals surface area (Å²) in [4.78, 5) is 30.5. The van der Waals surface area contributed by atoms with Gasteiger partial charge in [0.15, 0.2) is 0 Å². The summed E-state index contributed by atoms with van der Waals surface area (Å²) in [5, 5.41) is 6.92. The van der Waals surface area contributed by atoms with E-state index in [0.29, 0.717) is 11.0 Å². The monoisotopic (exact) mass is 407 g/mol. The molecule has 7 nitrogen and oxygen atoms in total. The van der Waals surface area contributed by atoms with Crippen molar-refractivity contribution < 1.29 is 4.79 Å². The molecule has 0 aromatic carbocycles. The molecule has 1 N–H and O–H groups in total. The summed E-state index contributed by atoms with van der Waals surface area (Å²) in [5.41, 5.74) is 1.35. The highest BCUT2D eigenvalue weighted by Gasteiger charge is 2.17. The molecular formula is C17H22BrN5O2. The normalized spacial score (nSPS) is 10.8. The molecule has 0 saturated heterocycles. The van der Waals surface area contributed by atoms with Gasteiger partial charge in [-0.2, -0.15) is 5.10 Å². The zero-order valence-electron chi connectivity index (χ0n) is 14.6. The highest BCUT2D eigenvalue weighted by Crippen LogP contribution is 2.23. The Bertz CT molecular complexity index is 776. The third-order valence-corrected chi connectivity index (χ3v) is 4.52. The smallest absolute Gasteiger partial charge is 0.283 e. The second kappa shape index (κ2) is 8.75. The summed E-state index contributed by atoms with van der Waals surface area (Å²) in [5.74, 6) is -0.276. The van der Waals surface area contributed by atoms with Crippen LogP contribution >= 0.6 is 15.9 Å². The van der Waals surface area contributed by atoms with E-state index >= 15 is 0 Å². The molecule has 0 radical (unpaired) electrons. The van der Waals surface area contributed by atoms with Crippen molar-refractivity contribution >= 4 is 27.5 Å². The second-order valence-electron chi connectivity index (χ2n) is 5.82. The fourth-order valence-electron chi connectivity index (χ4n) is 2.48. The van der Waals surface area contributed by atoms with Gasteiger partial charge in [0.2, 0.25) is 5.91 Å². The average molecular weight is 408 g/mol. The molecule has 2 aromatic heterocycles. The quantitative estimate of drug-likeness (QED) is 0.758. The molecule has 2 aromatic rings. The van der Waals surface area contributed by atoms with Crippen molar-refractivity contribution in [2.75, 3.05) is 11.4 Å². The molecule has 0 saturated carbocycles. The summed E-state index contributed by atoms with van der Waals surface area (Å²) in [7, 11) is 0. The third kappa shape index (κ3) is 4.88. The standard InChI is InChI=1S/C17H22BrN5O2/c1-4-22(12(2)3)14-10-21-23(17(25)16(14)18)11-15(24)20-9-13-5-7-19-8-6-13/h5-8,10,12H,4,9,11H2,1-3H3,(H,20,24). The minimum Gasteiger partial charge on any atom is -0.367 e. The number of nitrogens with zero attached hydrogens (tertiary/aromatic N) is 4. The molecule has 8 heteroatoms. The molecule has 0 aliphatic carbocycles. The first-order valence-electron chi connectivity index (χ1n) is 8.11. The summed E-state index contributed by atoms with van der Waals surface area (Å²) >= 11 is 3.35. The summed E-state index contributed by atoms with van der Waals surface area (Å²) in [6.45, 7) is 7.13. The number of aromatic nitrogens is 3. The van der Waals surface area contributed by atoms with Crippen molar-refractivity contribution in [1.29, 1.82) is 0 Å². The Hall–Kier alpha value is -2.22. The Morgan fingerprint density at radius 1 is 1.36 bits per heavy atom. The number of halogens is 1. The molecule has 0 aliphatic heterocycles. The number of rotatable bonds is 7. The van der Waals surface area contributed by atoms with E-state index in [2.05, 4.69) is 36.2 Å². The van der Waals surface area contributed by atoms with Crippen LogP contribution in [-0.4, -0.2) is 33.3 Å². The lowest BCUT2D eigenvalue weighted by Crippen LogP contribution is -2.36. The Labute approximate surface area is 155 Å². The second-order valence-corrected chi connectivity index (χ2v) is 6.61. The Kier molecular flexibility index (Phi) is 6.69. The zero-order valence-corrected chi connectivity index (χ0v) is 16.2. The van der Waals surface area contributed by atoms with Crippen LogP contribution in [0.15, 0.2) is 40.0 Å². The Morgan fingerprint density at radius 3 is 2.64 bits per heavy atom. The lowest BCUT2D eigenvalue weighted by molar-refractivity contribution is -0.122. The fraction of sp³-hybridized carbons (Fsp3) is 0.412. The van der Waals surface area contributed by atoms with Crippen LogP contribution in [0.5, 0.6) is 0 Å². The highest BCUT2D eigenvalue weighted by molar-refractivity contribution is 9.10. The van der Waals surface area contributed by atoms with Gasteiger partial charge in [-0.1, -0.05) is 0 Å². The van der Waals surface area contributed by atoms with Gasteiger partial charge in [-0.25, -0.2) is 4.68 Å². The van der Waals surface area contributed by atoms with Gasteiger partial charge in [-0.05, 0) is 54.4 Å². The topological polar surface area (TPSA) is 80.1 Å². The van der Waals surface area contributed by atoms with Crippen molar-refractivity contribution in [2.24, 2.45) is 0 Å². The maximum Gasteiger partial charge on any atom is 0.283 e. The number of anilines is 1. The van der Waals surface area contributed by atoms with Crippen molar-refractivity contribution in [2.45, 2.75) is 39.9 Å². The van der Waals surface area contributed by atoms with Crippen molar-refractivity contribution in [3.63, 3.8) is 0 Å². The molecule has 0 fully saturated rings. The van der Waals surface area contributed by atoms with E-state index in [-0.39, 0.29) is 24.1 Å². The number of carbonyl (C=O) groups excluding carboxylic acids is 1. The molecule has 0 aliphatic rings. The van der Waals surface area contributed by atoms with E-state index in [0.717, 1.165) is 22.5 Å². The predicted octanol–water partition coefficient (Wildman–Crippen LogP) is 1.95. The van der Waals surface area contributed by atoms with Gasteiger partial charge in [0.25, 0.3) is 5.56 Å². The number of amides is 1. The Balaban J connectivity index is 2.09. The van der Waals surface area contributed by atoms with E-state index in [1.165, 1.54) is 0 Å². The molecule has 1 amide bonds. The van der Waals surface area contributed by atoms with E-state index in [9.17, 15) is 9.59 Å². The number of carbonyl (C=O) groups is 1. The van der Waals surface area contributed by atoms with Gasteiger partial charge in [0.1, 0.15) is 11.0 Å². The van der Waals surface area contributed by atoms with E-state index < -0.39 is 0 Å². The lowest BCUT2D eigenvalue weighted by atomic mass is 10.3. The van der Waals surface area contributed by atoms with Gasteiger partial charge in [-0.3, -0.25) is 14.6 Å². The zero-order chi connectivity index (χ0) is 18.4. The summed E-state index contributed by atoms with van der Waals surface area (Å²) in [6.07, 6.45) is 4.94. The molecular weight excluding hydrogens is 386 g/mol. The largest absolute Gasteiger partial charge is 0.367 e. The van der Waals surface area contributed by atoms with Crippen molar-refractivity contribution in [1.82, 2.24) is 20.1 Å². The molecule has 0 bridgehead atoms. The number of hydrogen-bond donors (Lipinski definition) is 1. The van der Waals surface area contributed by atoms with Crippen LogP contribution in [0.2, 0.25) is 0 Å². The lowest BCUT2D eigenvalue weighted by Gasteiger charge is -2.28. The first kappa shape index (κ1) is 19.1. The van der Waals surface area contributed by atoms with Gasteiger partial charge >= 0.3 is 0 Å². The van der Waals surface area contributed by atoms with Crippen LogP contribution in [0.1, 0.15) is 26.3 Å². The van der Waals surface area contributed by atoms with Gasteiger partial charge < -0.3 is 10.2 Å². The fourth-order valence-corrected chi connectivity index (χ4v) is 3.01. The summed E-state index contributed by atoms with van der Waals surface area (Å²) in [6, 6.07) is 3.88. The maximum absolute atomic E-state index is 12.5. The molecule has 0 atom stereocenters. The number of nitrogens with one attached hydrogen (secondary N) is 1. The number of pyridine rings is 1. The van der Waals surface area contributed by atoms with E-state index in [1.807, 2.05) is 32.9 Å². The van der Waals surface area contributed by atoms with Crippen LogP contribution < -0.4 is 15.8 Å². The molecule has 0 spiro atoms. The SMILES string of the molecule is CCN(c1cnn(CC(=O)NCc2ccncc2)c(=O)c1Br)C(C)C. The van der Waals surface area contributed by atoms with Gasteiger partial charge in [-0.15, -0.1) is 0 Å². The molecule has 0 unspecified atom stereocenters. The molecule has 25 heavy (non-hydrogen) atoms. The van der Waals surface area contributed by atoms with Crippen LogP contribution in [0.3, 0.4) is 0 Å². The Morgan fingerprint density at radius 2 is 2.04 bits per heavy atom. The van der Waals surface area contributed by atoms with Gasteiger partial charge in [0, 0.05) is 31.5 Å². The minimum absolute atomic E-state index is 0.128. The van der Waals surface area contributed by atoms with Crippen LogP contribution in [0.4, 0.5) is 5.69 Å². The highest BCUT2D eigenvalue weighted by atomic mass is 79.9. The maximum atomic E-state index is 12.5. The molecule has 2 rings (SSSR count). The molecule has 134 valence electrons. The van der Waals surface area contributed by atoms with Crippen LogP contribution in [-0.2, 0) is 17.9 Å². The van der Waals surface area contributed by atoms with E-state index in [1.54, 1.807) is 18.6 Å². The van der Waals surface area contributed by atoms with Gasteiger partial charge in [0.05, 0.1) is 11.9 Å². The van der Waals surface area contributed by atoms with Crippen molar-refractivity contribution in [3.05, 3.63) is 51.1 Å². The summed E-state index contributed by atoms with van der Waals surface area (Å²) < 4.78 is 1.57. The third-order valence-electron chi connectivity index (χ3n) is 3.77. The minimum atomic E-state index is -0.323.